The Labute approximate surface area is 156 Å². The quantitative estimate of drug-likeness (QED) is 0.652. The first kappa shape index (κ1) is 17.6. The molecule has 1 aliphatic rings. The molecule has 0 saturated heterocycles. The highest BCUT2D eigenvalue weighted by atomic mass is 35.5. The van der Waals surface area contributed by atoms with Crippen molar-refractivity contribution in [2.45, 2.75) is 19.1 Å². The fourth-order valence-electron chi connectivity index (χ4n) is 3.14. The number of allylic oxidation sites excluding steroid dienone is 1. The van der Waals surface area contributed by atoms with Gasteiger partial charge in [0, 0.05) is 6.54 Å². The monoisotopic (exact) mass is 392 g/mol. The Balaban J connectivity index is 1.87. The minimum absolute atomic E-state index is 0.0117. The van der Waals surface area contributed by atoms with E-state index in [9.17, 15) is 23.1 Å². The highest BCUT2D eigenvalue weighted by Crippen LogP contribution is 2.33. The van der Waals surface area contributed by atoms with Crippen molar-refractivity contribution in [1.29, 1.82) is 0 Å². The van der Waals surface area contributed by atoms with Gasteiger partial charge < -0.3 is 5.11 Å². The van der Waals surface area contributed by atoms with Gasteiger partial charge in [-0.1, -0.05) is 17.7 Å². The highest BCUT2D eigenvalue weighted by Gasteiger charge is 2.31. The van der Waals surface area contributed by atoms with Crippen LogP contribution in [-0.4, -0.2) is 14.7 Å². The van der Waals surface area contributed by atoms with Gasteiger partial charge in [-0.2, -0.15) is 13.2 Å². The van der Waals surface area contributed by atoms with E-state index in [4.69, 9.17) is 11.6 Å². The van der Waals surface area contributed by atoms with Crippen LogP contribution in [0.3, 0.4) is 0 Å². The largest absolute Gasteiger partial charge is 0.506 e. The van der Waals surface area contributed by atoms with E-state index in [0.717, 1.165) is 12.1 Å². The number of rotatable bonds is 1. The fraction of sp³-hybridized carbons (Fsp3) is 0.158. The summed E-state index contributed by atoms with van der Waals surface area (Å²) in [6.07, 6.45) is -2.23. The van der Waals surface area contributed by atoms with Gasteiger partial charge in [0.15, 0.2) is 0 Å². The number of nitrogens with zero attached hydrogens (tertiary/aromatic N) is 2. The van der Waals surface area contributed by atoms with E-state index in [1.807, 2.05) is 0 Å². The molecule has 0 amide bonds. The zero-order valence-electron chi connectivity index (χ0n) is 13.7. The Morgan fingerprint density at radius 1 is 1.19 bits per heavy atom. The van der Waals surface area contributed by atoms with Crippen LogP contribution >= 0.6 is 11.6 Å². The predicted octanol–water partition coefficient (Wildman–Crippen LogP) is 4.72. The van der Waals surface area contributed by atoms with Crippen LogP contribution in [0.1, 0.15) is 23.4 Å². The van der Waals surface area contributed by atoms with E-state index in [0.29, 0.717) is 29.9 Å². The van der Waals surface area contributed by atoms with Crippen LogP contribution in [0.4, 0.5) is 13.2 Å². The number of fused-ring (bicyclic) bond motifs is 2. The molecule has 0 atom stereocenters. The van der Waals surface area contributed by atoms with Crippen molar-refractivity contribution in [2.75, 3.05) is 0 Å². The summed E-state index contributed by atoms with van der Waals surface area (Å²) >= 11 is 5.91. The van der Waals surface area contributed by atoms with E-state index in [1.54, 1.807) is 18.2 Å². The molecule has 3 aromatic rings. The molecule has 0 aliphatic carbocycles. The first-order valence-corrected chi connectivity index (χ1v) is 8.43. The van der Waals surface area contributed by atoms with Crippen molar-refractivity contribution in [3.05, 3.63) is 68.7 Å². The summed E-state index contributed by atoms with van der Waals surface area (Å²) in [4.78, 5) is 17.0. The number of benzene rings is 2. The van der Waals surface area contributed by atoms with Gasteiger partial charge in [-0.05, 0) is 54.0 Å². The lowest BCUT2D eigenvalue weighted by molar-refractivity contribution is -0.137. The van der Waals surface area contributed by atoms with Gasteiger partial charge in [0.1, 0.15) is 11.6 Å². The smallest absolute Gasteiger partial charge is 0.416 e. The molecular weight excluding hydrogens is 381 g/mol. The average molecular weight is 393 g/mol. The molecule has 0 unspecified atom stereocenters. The van der Waals surface area contributed by atoms with Crippen LogP contribution in [0.15, 0.2) is 41.2 Å². The first-order chi connectivity index (χ1) is 12.7. The van der Waals surface area contributed by atoms with Crippen LogP contribution in [0.2, 0.25) is 5.02 Å². The molecule has 1 aromatic heterocycles. The van der Waals surface area contributed by atoms with Gasteiger partial charge in [0.2, 0.25) is 0 Å². The van der Waals surface area contributed by atoms with Crippen LogP contribution in [0.5, 0.6) is 5.75 Å². The van der Waals surface area contributed by atoms with Gasteiger partial charge in [-0.25, -0.2) is 4.98 Å². The third kappa shape index (κ3) is 3.08. The van der Waals surface area contributed by atoms with Crippen molar-refractivity contribution in [2.24, 2.45) is 0 Å². The third-order valence-electron chi connectivity index (χ3n) is 4.49. The van der Waals surface area contributed by atoms with Gasteiger partial charge in [-0.15, -0.1) is 0 Å². The van der Waals surface area contributed by atoms with E-state index in [1.165, 1.54) is 16.7 Å². The molecule has 1 aliphatic heterocycles. The summed E-state index contributed by atoms with van der Waals surface area (Å²) in [6.45, 7) is 0.399. The number of phenolic OH excluding ortho intramolecular Hbond substituents is 1. The highest BCUT2D eigenvalue weighted by molar-refractivity contribution is 6.32. The molecule has 8 heteroatoms. The maximum Gasteiger partial charge on any atom is 0.416 e. The molecule has 0 radical (unpaired) electrons. The molecule has 2 aromatic carbocycles. The van der Waals surface area contributed by atoms with Crippen LogP contribution in [0.25, 0.3) is 22.6 Å². The molecule has 1 N–H and O–H groups in total. The molecule has 2 heterocycles. The minimum Gasteiger partial charge on any atom is -0.506 e. The topological polar surface area (TPSA) is 55.1 Å². The van der Waals surface area contributed by atoms with Gasteiger partial charge >= 0.3 is 6.18 Å². The molecule has 0 saturated carbocycles. The molecule has 138 valence electrons. The lowest BCUT2D eigenvalue weighted by atomic mass is 10.1. The Hall–Kier alpha value is -2.80. The van der Waals surface area contributed by atoms with Gasteiger partial charge in [0.25, 0.3) is 5.56 Å². The van der Waals surface area contributed by atoms with E-state index in [-0.39, 0.29) is 27.2 Å². The second-order valence-corrected chi connectivity index (χ2v) is 6.66. The van der Waals surface area contributed by atoms with Crippen LogP contribution < -0.4 is 5.56 Å². The SMILES string of the molecule is O=c1c2ccc(C(F)(F)F)cc2nc2n1CCC2=Cc1ccc(O)c(Cl)c1. The van der Waals surface area contributed by atoms with E-state index >= 15 is 0 Å². The molecular formula is C19H12ClF3N2O2. The summed E-state index contributed by atoms with van der Waals surface area (Å²) < 4.78 is 40.4. The molecule has 4 rings (SSSR count). The standard InChI is InChI=1S/C19H12ClF3N2O2/c20-14-8-10(1-4-16(14)26)7-11-5-6-25-17(11)24-15-9-12(19(21,22)23)2-3-13(15)18(25)27/h1-4,7-9,26H,5-6H2. The molecule has 0 bridgehead atoms. The zero-order valence-corrected chi connectivity index (χ0v) is 14.5. The first-order valence-electron chi connectivity index (χ1n) is 8.05. The summed E-state index contributed by atoms with van der Waals surface area (Å²) in [5.41, 5.74) is 0.210. The average Bonchev–Trinajstić information content (AvgIpc) is 3.00. The number of phenols is 1. The van der Waals surface area contributed by atoms with Crippen molar-refractivity contribution < 1.29 is 18.3 Å². The minimum atomic E-state index is -4.51. The molecule has 4 nitrogen and oxygen atoms in total. The lowest BCUT2D eigenvalue weighted by Crippen LogP contribution is -2.21. The Morgan fingerprint density at radius 3 is 2.67 bits per heavy atom. The third-order valence-corrected chi connectivity index (χ3v) is 4.79. The number of alkyl halides is 3. The van der Waals surface area contributed by atoms with E-state index < -0.39 is 11.7 Å². The van der Waals surface area contributed by atoms with Gasteiger partial charge in [-0.3, -0.25) is 9.36 Å². The van der Waals surface area contributed by atoms with Gasteiger partial charge in [0.05, 0.1) is 21.5 Å². The normalized spacial score (nSPS) is 15.5. The second kappa shape index (κ2) is 6.13. The number of aromatic hydroxyl groups is 1. The maximum absolute atomic E-state index is 13.0. The number of aromatic nitrogens is 2. The molecule has 27 heavy (non-hydrogen) atoms. The number of halogens is 4. The van der Waals surface area contributed by atoms with Crippen molar-refractivity contribution in [3.8, 4) is 5.75 Å². The van der Waals surface area contributed by atoms with Crippen molar-refractivity contribution in [3.63, 3.8) is 0 Å². The Morgan fingerprint density at radius 2 is 1.96 bits per heavy atom. The van der Waals surface area contributed by atoms with Crippen molar-refractivity contribution >= 4 is 34.2 Å². The Bertz CT molecular complexity index is 1170. The van der Waals surface area contributed by atoms with E-state index in [2.05, 4.69) is 4.98 Å². The number of hydrogen-bond donors (Lipinski definition) is 1. The second-order valence-electron chi connectivity index (χ2n) is 6.25. The molecule has 0 fully saturated rings. The fourth-order valence-corrected chi connectivity index (χ4v) is 3.33. The molecule has 0 spiro atoms. The summed E-state index contributed by atoms with van der Waals surface area (Å²) in [5.74, 6) is 0.293. The predicted molar refractivity (Wildman–Crippen MR) is 96.6 cm³/mol. The van der Waals surface area contributed by atoms with Crippen LogP contribution in [-0.2, 0) is 12.7 Å². The number of hydrogen-bond acceptors (Lipinski definition) is 3. The van der Waals surface area contributed by atoms with Crippen molar-refractivity contribution in [1.82, 2.24) is 9.55 Å². The maximum atomic E-state index is 13.0. The summed E-state index contributed by atoms with van der Waals surface area (Å²) in [5, 5.41) is 9.84. The lowest BCUT2D eigenvalue weighted by Gasteiger charge is -2.09. The zero-order chi connectivity index (χ0) is 19.3. The summed E-state index contributed by atoms with van der Waals surface area (Å²) in [7, 11) is 0. The Kier molecular flexibility index (Phi) is 3.99. The summed E-state index contributed by atoms with van der Waals surface area (Å²) in [6, 6.07) is 7.61. The van der Waals surface area contributed by atoms with Crippen LogP contribution in [0, 0.1) is 0 Å².